The van der Waals surface area contributed by atoms with Gasteiger partial charge in [0.2, 0.25) is 17.7 Å². The molecule has 16 nitrogen and oxygen atoms in total. The van der Waals surface area contributed by atoms with Gasteiger partial charge in [0, 0.05) is 25.1 Å². The quantitative estimate of drug-likeness (QED) is 0.0603. The highest BCUT2D eigenvalue weighted by Crippen LogP contribution is 2.42. The third-order valence-electron chi connectivity index (χ3n) is 9.53. The van der Waals surface area contributed by atoms with Gasteiger partial charge in [0.25, 0.3) is 5.91 Å². The Morgan fingerprint density at radius 3 is 2.18 bits per heavy atom. The molecule has 0 radical (unpaired) electrons. The summed E-state index contributed by atoms with van der Waals surface area (Å²) >= 11 is 0. The molecule has 0 saturated heterocycles. The van der Waals surface area contributed by atoms with Gasteiger partial charge < -0.3 is 50.8 Å². The van der Waals surface area contributed by atoms with E-state index >= 15 is 0 Å². The number of hydrogen-bond donors (Lipinski definition) is 8. The van der Waals surface area contributed by atoms with E-state index in [1.54, 1.807) is 0 Å². The molecule has 4 atom stereocenters. The van der Waals surface area contributed by atoms with Crippen molar-refractivity contribution >= 4 is 55.3 Å². The summed E-state index contributed by atoms with van der Waals surface area (Å²) in [5.74, 6) is -9.36. The van der Waals surface area contributed by atoms with E-state index in [1.165, 1.54) is 6.92 Å². The van der Waals surface area contributed by atoms with Gasteiger partial charge in [0.05, 0.1) is 36.2 Å². The van der Waals surface area contributed by atoms with Crippen LogP contribution in [0.3, 0.4) is 0 Å². The lowest BCUT2D eigenvalue weighted by atomic mass is 9.69. The molecule has 0 fully saturated rings. The number of aliphatic carboxylic acids is 2. The Morgan fingerprint density at radius 2 is 1.54 bits per heavy atom. The highest BCUT2D eigenvalue weighted by atomic mass is 19.4. The van der Waals surface area contributed by atoms with Crippen LogP contribution < -0.4 is 26.7 Å². The number of benzene rings is 1. The summed E-state index contributed by atoms with van der Waals surface area (Å²) < 4.78 is 93.1. The van der Waals surface area contributed by atoms with Crippen LogP contribution in [0.4, 0.5) is 26.3 Å². The Hall–Kier alpha value is -4.93. The van der Waals surface area contributed by atoms with Crippen molar-refractivity contribution in [2.45, 2.75) is 76.5 Å². The van der Waals surface area contributed by atoms with E-state index in [-0.39, 0.29) is 23.1 Å². The minimum absolute atomic E-state index is 0.136. The molecular weight excluding hydrogens is 780 g/mol. The summed E-state index contributed by atoms with van der Waals surface area (Å²) in [5, 5.41) is 47.8. The first-order chi connectivity index (χ1) is 26.6. The number of unbranched alkanes of at least 4 members (excludes halogenated alkanes) is 1. The molecule has 4 amide bonds. The van der Waals surface area contributed by atoms with Crippen molar-refractivity contribution < 1.29 is 84.7 Å². The van der Waals surface area contributed by atoms with Crippen molar-refractivity contribution in [3.63, 3.8) is 0 Å². The van der Waals surface area contributed by atoms with Crippen LogP contribution in [0.25, 0.3) is 0 Å². The number of carbonyl (C=O) groups excluding carboxylic acids is 4. The van der Waals surface area contributed by atoms with Crippen LogP contribution in [-0.4, -0.2) is 108 Å². The lowest BCUT2D eigenvalue weighted by Crippen LogP contribution is -2.56. The number of alkyl halides is 6. The summed E-state index contributed by atoms with van der Waals surface area (Å²) in [5.41, 5.74) is -4.67. The lowest BCUT2D eigenvalue weighted by molar-refractivity contribution is -0.143. The number of fused-ring (bicyclic) bond motifs is 1. The van der Waals surface area contributed by atoms with Crippen LogP contribution in [0, 0.1) is 11.8 Å². The Bertz CT molecular complexity index is 1830. The minimum atomic E-state index is -5.00. The molecular formula is C33H38B2F6N4O12. The van der Waals surface area contributed by atoms with Gasteiger partial charge in [-0.25, -0.2) is 4.79 Å². The molecule has 3 aliphatic rings. The zero-order chi connectivity index (χ0) is 42.4. The number of amides is 4. The molecule has 57 heavy (non-hydrogen) atoms. The van der Waals surface area contributed by atoms with E-state index in [0.29, 0.717) is 31.4 Å². The number of carboxylic acids is 2. The van der Waals surface area contributed by atoms with Crippen LogP contribution in [0.2, 0.25) is 0 Å². The molecule has 0 aromatic heterocycles. The molecule has 310 valence electrons. The lowest BCUT2D eigenvalue weighted by Gasteiger charge is -2.27. The maximum Gasteiger partial charge on any atom is 0.491 e. The maximum atomic E-state index is 13.9. The molecule has 0 bridgehead atoms. The van der Waals surface area contributed by atoms with Crippen LogP contribution in [0.5, 0.6) is 0 Å². The Kier molecular flexibility index (Phi) is 14.6. The highest BCUT2D eigenvalue weighted by Gasteiger charge is 2.47. The standard InChI is InChI=1S/C33H38B2F6N4O12/c1-15(30(50)51)4-2-3-7-42-26(46)6-5-24(31(52)53)44-29(49)25(45-28(48)17-9-21(33(39,40)41)19-14-57-35(55)23(19)11-17)12-43-27(47)16-8-20(32(36,37)38)18-13-56-34(54)22(18)10-16/h8-10,15,17,24-25,54-55H,2-7,11-14H2,1H3,(H,42,46)(H,43,47)(H,44,49)(H,45,48)(H,50,51)(H,52,53)/t15-,17?,24-,25?/m0/s1. The smallest absolute Gasteiger partial charge is 0.481 e. The van der Waals surface area contributed by atoms with E-state index in [9.17, 15) is 70.3 Å². The summed E-state index contributed by atoms with van der Waals surface area (Å²) in [7, 11) is -3.58. The van der Waals surface area contributed by atoms with Crippen LogP contribution >= 0.6 is 0 Å². The number of carbonyl (C=O) groups is 6. The van der Waals surface area contributed by atoms with Crippen molar-refractivity contribution in [1.29, 1.82) is 0 Å². The molecule has 4 rings (SSSR count). The number of hydrogen-bond acceptors (Lipinski definition) is 10. The predicted molar refractivity (Wildman–Crippen MR) is 184 cm³/mol. The second-order valence-electron chi connectivity index (χ2n) is 13.6. The van der Waals surface area contributed by atoms with Crippen LogP contribution in [-0.2, 0) is 46.1 Å². The zero-order valence-corrected chi connectivity index (χ0v) is 30.1. The fraction of sp³-hybridized carbons (Fsp3) is 0.515. The molecule has 2 unspecified atom stereocenters. The molecule has 2 aliphatic heterocycles. The number of rotatable bonds is 17. The molecule has 24 heteroatoms. The van der Waals surface area contributed by atoms with Crippen LogP contribution in [0.1, 0.15) is 66.9 Å². The monoisotopic (exact) mass is 818 g/mol. The van der Waals surface area contributed by atoms with E-state index in [0.717, 1.165) is 6.07 Å². The van der Waals surface area contributed by atoms with E-state index in [1.807, 2.05) is 0 Å². The Labute approximate surface area is 320 Å². The first kappa shape index (κ1) is 44.8. The average molecular weight is 818 g/mol. The first-order valence-electron chi connectivity index (χ1n) is 17.5. The number of nitrogens with one attached hydrogen (secondary N) is 4. The van der Waals surface area contributed by atoms with Gasteiger partial charge >= 0.3 is 38.5 Å². The average Bonchev–Trinajstić information content (AvgIpc) is 3.70. The second-order valence-corrected chi connectivity index (χ2v) is 13.6. The van der Waals surface area contributed by atoms with Crippen molar-refractivity contribution in [1.82, 2.24) is 21.3 Å². The second kappa shape index (κ2) is 18.6. The third kappa shape index (κ3) is 11.6. The summed E-state index contributed by atoms with van der Waals surface area (Å²) in [6.07, 6.45) is -9.65. The van der Waals surface area contributed by atoms with Crippen LogP contribution in [0.15, 0.2) is 34.8 Å². The Morgan fingerprint density at radius 1 is 0.860 bits per heavy atom. The third-order valence-corrected chi connectivity index (χ3v) is 9.53. The topological polar surface area (TPSA) is 250 Å². The highest BCUT2D eigenvalue weighted by molar-refractivity contribution is 6.61. The summed E-state index contributed by atoms with van der Waals surface area (Å²) in [6, 6.07) is -2.42. The van der Waals surface area contributed by atoms with Gasteiger partial charge in [-0.15, -0.1) is 0 Å². The van der Waals surface area contributed by atoms with Crippen molar-refractivity contribution in [2.75, 3.05) is 19.7 Å². The number of carboxylic acid groups (broad SMARTS) is 2. The van der Waals surface area contributed by atoms with Gasteiger partial charge in [-0.05, 0) is 59.9 Å². The number of halogens is 6. The summed E-state index contributed by atoms with van der Waals surface area (Å²) in [6.45, 7) is -0.514. The molecule has 0 spiro atoms. The molecule has 8 N–H and O–H groups in total. The SMILES string of the molecule is C[C@@H](CCCCNC(=O)CC[C@H](NC(=O)C(CNC(=O)c1cc2c(c(C(F)(F)F)c1)COB2O)NC(=O)C1C=C(C(F)(F)F)C2=C(C1)B(O)OC2)C(=O)O)C(=O)O. The first-order valence-corrected chi connectivity index (χ1v) is 17.5. The van der Waals surface area contributed by atoms with Gasteiger partial charge in [0.15, 0.2) is 0 Å². The van der Waals surface area contributed by atoms with E-state index in [4.69, 9.17) is 14.4 Å². The van der Waals surface area contributed by atoms with Crippen molar-refractivity contribution in [3.8, 4) is 0 Å². The normalized spacial score (nSPS) is 18.2. The van der Waals surface area contributed by atoms with E-state index < -0.39 is 147 Å². The molecule has 0 saturated carbocycles. The predicted octanol–water partition coefficient (Wildman–Crippen LogP) is 0.350. The fourth-order valence-corrected chi connectivity index (χ4v) is 6.33. The molecule has 2 heterocycles. The van der Waals surface area contributed by atoms with E-state index in [2.05, 4.69) is 21.3 Å². The molecule has 1 aliphatic carbocycles. The van der Waals surface area contributed by atoms with Crippen molar-refractivity contribution in [3.05, 3.63) is 51.5 Å². The largest absolute Gasteiger partial charge is 0.491 e. The fourth-order valence-electron chi connectivity index (χ4n) is 6.33. The minimum Gasteiger partial charge on any atom is -0.481 e. The van der Waals surface area contributed by atoms with Gasteiger partial charge in [0.1, 0.15) is 12.1 Å². The number of allylic oxidation sites excluding steroid dienone is 1. The van der Waals surface area contributed by atoms with Gasteiger partial charge in [-0.2, -0.15) is 26.3 Å². The maximum absolute atomic E-state index is 13.9. The van der Waals surface area contributed by atoms with Gasteiger partial charge in [-0.3, -0.25) is 24.0 Å². The Balaban J connectivity index is 1.50. The van der Waals surface area contributed by atoms with Gasteiger partial charge in [-0.1, -0.05) is 19.4 Å². The zero-order valence-electron chi connectivity index (χ0n) is 30.1. The molecule has 1 aromatic carbocycles. The summed E-state index contributed by atoms with van der Waals surface area (Å²) in [4.78, 5) is 75.5. The molecule has 1 aromatic rings. The van der Waals surface area contributed by atoms with Crippen molar-refractivity contribution in [2.24, 2.45) is 11.8 Å².